The summed E-state index contributed by atoms with van der Waals surface area (Å²) in [6, 6.07) is 0. The van der Waals surface area contributed by atoms with Crippen molar-refractivity contribution in [3.8, 4) is 0 Å². The topological polar surface area (TPSA) is 56.1 Å². The molecule has 1 aliphatic rings. The van der Waals surface area contributed by atoms with Gasteiger partial charge in [-0.1, -0.05) is 12.1 Å². The van der Waals surface area contributed by atoms with Gasteiger partial charge in [0.2, 0.25) is 0 Å². The van der Waals surface area contributed by atoms with Gasteiger partial charge in [0, 0.05) is 32.0 Å². The van der Waals surface area contributed by atoms with E-state index in [-0.39, 0.29) is 5.92 Å². The Bertz CT molecular complexity index is 211. The van der Waals surface area contributed by atoms with Crippen LogP contribution in [0.4, 0.5) is 4.39 Å². The van der Waals surface area contributed by atoms with Crippen LogP contribution in [0.25, 0.3) is 0 Å². The van der Waals surface area contributed by atoms with Crippen molar-refractivity contribution in [3.05, 3.63) is 0 Å². The van der Waals surface area contributed by atoms with E-state index in [2.05, 4.69) is 5.16 Å². The zero-order valence-electron chi connectivity index (χ0n) is 8.36. The van der Waals surface area contributed by atoms with Gasteiger partial charge in [-0.25, -0.2) is 4.39 Å². The standard InChI is InChI=1S/C9H17FN2O2/c1-7-5-12(6-8(13)4-10)3-2-9(7)11-14/h7-8,13-14H,2-6H2,1H3/b11-9+. The van der Waals surface area contributed by atoms with Gasteiger partial charge in [0.15, 0.2) is 0 Å². The van der Waals surface area contributed by atoms with Crippen LogP contribution in [0.3, 0.4) is 0 Å². The molecule has 0 saturated carbocycles. The van der Waals surface area contributed by atoms with Crippen LogP contribution in [0.1, 0.15) is 13.3 Å². The Morgan fingerprint density at radius 3 is 2.93 bits per heavy atom. The summed E-state index contributed by atoms with van der Waals surface area (Å²) in [6.45, 7) is 3.06. The number of hydrogen-bond donors (Lipinski definition) is 2. The molecule has 4 nitrogen and oxygen atoms in total. The highest BCUT2D eigenvalue weighted by atomic mass is 19.1. The van der Waals surface area contributed by atoms with Crippen LogP contribution in [0.5, 0.6) is 0 Å². The average Bonchev–Trinajstić information content (AvgIpc) is 2.18. The Morgan fingerprint density at radius 1 is 1.71 bits per heavy atom. The summed E-state index contributed by atoms with van der Waals surface area (Å²) in [5.41, 5.74) is 0.788. The molecule has 1 saturated heterocycles. The maximum Gasteiger partial charge on any atom is 0.117 e. The molecule has 2 atom stereocenters. The van der Waals surface area contributed by atoms with E-state index < -0.39 is 12.8 Å². The molecule has 0 spiro atoms. The summed E-state index contributed by atoms with van der Waals surface area (Å²) in [5, 5.41) is 21.0. The highest BCUT2D eigenvalue weighted by Crippen LogP contribution is 2.13. The summed E-state index contributed by atoms with van der Waals surface area (Å²) in [4.78, 5) is 1.99. The van der Waals surface area contributed by atoms with E-state index >= 15 is 0 Å². The molecule has 0 bridgehead atoms. The first-order valence-electron chi connectivity index (χ1n) is 4.84. The molecule has 1 heterocycles. The van der Waals surface area contributed by atoms with Crippen LogP contribution in [-0.2, 0) is 0 Å². The number of piperidine rings is 1. The zero-order chi connectivity index (χ0) is 10.6. The van der Waals surface area contributed by atoms with Crippen LogP contribution in [-0.4, -0.2) is 53.3 Å². The maximum atomic E-state index is 12.0. The second-order valence-electron chi connectivity index (χ2n) is 3.81. The molecule has 2 N–H and O–H groups in total. The summed E-state index contributed by atoms with van der Waals surface area (Å²) in [7, 11) is 0. The molecule has 0 aliphatic carbocycles. The van der Waals surface area contributed by atoms with Crippen LogP contribution in [0.15, 0.2) is 5.16 Å². The molecule has 5 heteroatoms. The van der Waals surface area contributed by atoms with Crippen LogP contribution < -0.4 is 0 Å². The van der Waals surface area contributed by atoms with Crippen molar-refractivity contribution in [1.29, 1.82) is 0 Å². The maximum absolute atomic E-state index is 12.0. The number of aliphatic hydroxyl groups is 1. The van der Waals surface area contributed by atoms with Crippen LogP contribution in [0, 0.1) is 5.92 Å². The van der Waals surface area contributed by atoms with Crippen molar-refractivity contribution in [1.82, 2.24) is 4.90 Å². The minimum Gasteiger partial charge on any atom is -0.411 e. The minimum atomic E-state index is -0.894. The summed E-state index contributed by atoms with van der Waals surface area (Å²) in [5.74, 6) is 0.181. The first-order valence-corrected chi connectivity index (χ1v) is 4.84. The number of hydrogen-bond acceptors (Lipinski definition) is 4. The number of halogens is 1. The second kappa shape index (κ2) is 5.26. The molecule has 0 aromatic rings. The largest absolute Gasteiger partial charge is 0.411 e. The van der Waals surface area contributed by atoms with Crippen molar-refractivity contribution < 1.29 is 14.7 Å². The van der Waals surface area contributed by atoms with Gasteiger partial charge in [0.05, 0.1) is 11.8 Å². The molecule has 0 aromatic carbocycles. The Labute approximate surface area is 83.0 Å². The molecular formula is C9H17FN2O2. The van der Waals surface area contributed by atoms with E-state index in [1.54, 1.807) is 0 Å². The van der Waals surface area contributed by atoms with Gasteiger partial charge in [-0.05, 0) is 0 Å². The fraction of sp³-hybridized carbons (Fsp3) is 0.889. The number of β-amino-alcohol motifs (C(OH)–C–C–N with tert-alkyl or cyclic N) is 1. The molecular weight excluding hydrogens is 187 g/mol. The van der Waals surface area contributed by atoms with Gasteiger partial charge >= 0.3 is 0 Å². The summed E-state index contributed by atoms with van der Waals surface area (Å²) >= 11 is 0. The number of nitrogens with zero attached hydrogens (tertiary/aromatic N) is 2. The van der Waals surface area contributed by atoms with Gasteiger partial charge in [-0.15, -0.1) is 0 Å². The van der Waals surface area contributed by atoms with E-state index in [0.29, 0.717) is 13.0 Å². The first kappa shape index (κ1) is 11.4. The monoisotopic (exact) mass is 204 g/mol. The van der Waals surface area contributed by atoms with Gasteiger partial charge in [0.25, 0.3) is 0 Å². The Kier molecular flexibility index (Phi) is 4.28. The van der Waals surface area contributed by atoms with Gasteiger partial charge in [-0.2, -0.15) is 0 Å². The number of alkyl halides is 1. The fourth-order valence-electron chi connectivity index (χ4n) is 1.76. The molecule has 1 aliphatic heterocycles. The third-order valence-electron chi connectivity index (χ3n) is 2.56. The van der Waals surface area contributed by atoms with Crippen molar-refractivity contribution in [3.63, 3.8) is 0 Å². The van der Waals surface area contributed by atoms with E-state index in [0.717, 1.165) is 18.8 Å². The van der Waals surface area contributed by atoms with Crippen molar-refractivity contribution >= 4 is 5.71 Å². The molecule has 0 radical (unpaired) electrons. The Morgan fingerprint density at radius 2 is 2.43 bits per heavy atom. The normalized spacial score (nSPS) is 29.4. The first-order chi connectivity index (χ1) is 6.67. The van der Waals surface area contributed by atoms with E-state index in [9.17, 15) is 4.39 Å². The Balaban J connectivity index is 2.39. The van der Waals surface area contributed by atoms with Crippen molar-refractivity contribution in [2.75, 3.05) is 26.3 Å². The highest BCUT2D eigenvalue weighted by molar-refractivity contribution is 5.86. The van der Waals surface area contributed by atoms with Gasteiger partial charge in [-0.3, -0.25) is 4.90 Å². The molecule has 0 aromatic heterocycles. The van der Waals surface area contributed by atoms with Crippen molar-refractivity contribution in [2.45, 2.75) is 19.4 Å². The molecule has 14 heavy (non-hydrogen) atoms. The average molecular weight is 204 g/mol. The Hall–Kier alpha value is -0.680. The lowest BCUT2D eigenvalue weighted by atomic mass is 9.97. The van der Waals surface area contributed by atoms with Crippen LogP contribution in [0.2, 0.25) is 0 Å². The number of likely N-dealkylation sites (tertiary alicyclic amines) is 1. The van der Waals surface area contributed by atoms with E-state index in [1.807, 2.05) is 11.8 Å². The van der Waals surface area contributed by atoms with Gasteiger partial charge in [0.1, 0.15) is 6.67 Å². The highest BCUT2D eigenvalue weighted by Gasteiger charge is 2.23. The van der Waals surface area contributed by atoms with Crippen molar-refractivity contribution in [2.24, 2.45) is 11.1 Å². The van der Waals surface area contributed by atoms with E-state index in [4.69, 9.17) is 10.3 Å². The number of aliphatic hydroxyl groups excluding tert-OH is 1. The number of rotatable bonds is 3. The summed E-state index contributed by atoms with van der Waals surface area (Å²) in [6.07, 6.45) is -0.203. The predicted molar refractivity (Wildman–Crippen MR) is 51.4 cm³/mol. The fourth-order valence-corrected chi connectivity index (χ4v) is 1.76. The van der Waals surface area contributed by atoms with Gasteiger partial charge < -0.3 is 10.3 Å². The molecule has 1 rings (SSSR count). The smallest absolute Gasteiger partial charge is 0.117 e. The van der Waals surface area contributed by atoms with E-state index in [1.165, 1.54) is 0 Å². The SMILES string of the molecule is CC1CN(CC(O)CF)CC/C1=N\O. The molecule has 0 amide bonds. The molecule has 82 valence electrons. The zero-order valence-corrected chi connectivity index (χ0v) is 8.36. The predicted octanol–water partition coefficient (Wildman–Crippen LogP) is 0.489. The number of oxime groups is 1. The van der Waals surface area contributed by atoms with Crippen LogP contribution >= 0.6 is 0 Å². The minimum absolute atomic E-state index is 0.181. The lowest BCUT2D eigenvalue weighted by molar-refractivity contribution is 0.0837. The third-order valence-corrected chi connectivity index (χ3v) is 2.56. The summed E-state index contributed by atoms with van der Waals surface area (Å²) < 4.78 is 12.0. The lowest BCUT2D eigenvalue weighted by Crippen LogP contribution is -2.43. The third kappa shape index (κ3) is 2.92. The molecule has 2 unspecified atom stereocenters. The lowest BCUT2D eigenvalue weighted by Gasteiger charge is -2.32. The second-order valence-corrected chi connectivity index (χ2v) is 3.81. The quantitative estimate of drug-likeness (QED) is 0.519. The molecule has 1 fully saturated rings.